The van der Waals surface area contributed by atoms with Gasteiger partial charge in [0.1, 0.15) is 0 Å². The molecule has 0 bridgehead atoms. The predicted molar refractivity (Wildman–Crippen MR) is 79.2 cm³/mol. The maximum atomic E-state index is 12.1. The number of rotatable bonds is 5. The van der Waals surface area contributed by atoms with Crippen LogP contribution in [0.4, 0.5) is 0 Å². The maximum Gasteiger partial charge on any atom is 0.168 e. The molecular formula is C15H15BrN2O. The topological polar surface area (TPSA) is 56.0 Å². The minimum absolute atomic E-state index is 0.0779. The van der Waals surface area contributed by atoms with Gasteiger partial charge >= 0.3 is 0 Å². The van der Waals surface area contributed by atoms with Gasteiger partial charge in [-0.15, -0.1) is 0 Å². The van der Waals surface area contributed by atoms with Gasteiger partial charge in [-0.1, -0.05) is 24.3 Å². The Bertz CT molecular complexity index is 549. The quantitative estimate of drug-likeness (QED) is 0.862. The molecule has 4 heteroatoms. The lowest BCUT2D eigenvalue weighted by Crippen LogP contribution is -2.06. The third kappa shape index (κ3) is 3.98. The zero-order chi connectivity index (χ0) is 13.7. The molecule has 1 heterocycles. The van der Waals surface area contributed by atoms with E-state index in [-0.39, 0.29) is 5.78 Å². The standard InChI is InChI=1S/C15H15BrN2O/c16-13-5-6-14(18-10-13)9-15(19)12-3-1-11(2-4-12)7-8-17/h1-6,10H,7-9,17H2. The van der Waals surface area contributed by atoms with Gasteiger partial charge in [0.15, 0.2) is 5.78 Å². The highest BCUT2D eigenvalue weighted by Gasteiger charge is 2.07. The molecule has 0 radical (unpaired) electrons. The lowest BCUT2D eigenvalue weighted by molar-refractivity contribution is 0.0992. The van der Waals surface area contributed by atoms with Gasteiger partial charge in [-0.05, 0) is 46.6 Å². The van der Waals surface area contributed by atoms with E-state index in [1.165, 1.54) is 0 Å². The average Bonchev–Trinajstić information content (AvgIpc) is 2.42. The van der Waals surface area contributed by atoms with E-state index in [2.05, 4.69) is 20.9 Å². The van der Waals surface area contributed by atoms with Crippen LogP contribution in [0, 0.1) is 0 Å². The van der Waals surface area contributed by atoms with E-state index in [1.807, 2.05) is 36.4 Å². The Balaban J connectivity index is 2.05. The Morgan fingerprint density at radius 2 is 1.89 bits per heavy atom. The molecule has 0 spiro atoms. The number of hydrogen-bond acceptors (Lipinski definition) is 3. The Hall–Kier alpha value is -1.52. The van der Waals surface area contributed by atoms with Crippen molar-refractivity contribution in [2.24, 2.45) is 5.73 Å². The number of pyridine rings is 1. The summed E-state index contributed by atoms with van der Waals surface area (Å²) >= 11 is 3.32. The normalized spacial score (nSPS) is 10.4. The summed E-state index contributed by atoms with van der Waals surface area (Å²) in [6.07, 6.45) is 2.86. The van der Waals surface area contributed by atoms with Gasteiger partial charge < -0.3 is 5.73 Å². The van der Waals surface area contributed by atoms with Crippen molar-refractivity contribution in [3.05, 3.63) is 63.9 Å². The van der Waals surface area contributed by atoms with Gasteiger partial charge in [-0.25, -0.2) is 0 Å². The van der Waals surface area contributed by atoms with Crippen molar-refractivity contribution in [2.45, 2.75) is 12.8 Å². The minimum Gasteiger partial charge on any atom is -0.330 e. The fraction of sp³-hybridized carbons (Fsp3) is 0.200. The lowest BCUT2D eigenvalue weighted by Gasteiger charge is -2.03. The first-order valence-corrected chi connectivity index (χ1v) is 6.91. The molecule has 0 fully saturated rings. The first-order chi connectivity index (χ1) is 9.19. The Morgan fingerprint density at radius 1 is 1.16 bits per heavy atom. The number of aromatic nitrogens is 1. The number of carbonyl (C=O) groups is 1. The molecule has 0 aliphatic heterocycles. The second-order valence-electron chi connectivity index (χ2n) is 4.30. The van der Waals surface area contributed by atoms with Gasteiger partial charge in [-0.3, -0.25) is 9.78 Å². The SMILES string of the molecule is NCCc1ccc(C(=O)Cc2ccc(Br)cn2)cc1. The van der Waals surface area contributed by atoms with Crippen molar-refractivity contribution in [1.82, 2.24) is 4.98 Å². The minimum atomic E-state index is 0.0779. The predicted octanol–water partition coefficient (Wildman–Crippen LogP) is 2.77. The van der Waals surface area contributed by atoms with E-state index >= 15 is 0 Å². The fourth-order valence-corrected chi connectivity index (χ4v) is 2.04. The fourth-order valence-electron chi connectivity index (χ4n) is 1.80. The highest BCUT2D eigenvalue weighted by Crippen LogP contribution is 2.11. The van der Waals surface area contributed by atoms with E-state index in [9.17, 15) is 4.79 Å². The lowest BCUT2D eigenvalue weighted by atomic mass is 10.0. The summed E-state index contributed by atoms with van der Waals surface area (Å²) in [6.45, 7) is 0.621. The monoisotopic (exact) mass is 318 g/mol. The number of nitrogens with zero attached hydrogens (tertiary/aromatic N) is 1. The van der Waals surface area contributed by atoms with Gasteiger partial charge in [0, 0.05) is 21.9 Å². The maximum absolute atomic E-state index is 12.1. The Morgan fingerprint density at radius 3 is 2.47 bits per heavy atom. The van der Waals surface area contributed by atoms with E-state index in [1.54, 1.807) is 6.20 Å². The number of Topliss-reactive ketones (excluding diaryl/α,β-unsaturated/α-hetero) is 1. The van der Waals surface area contributed by atoms with Crippen LogP contribution in [0.3, 0.4) is 0 Å². The summed E-state index contributed by atoms with van der Waals surface area (Å²) in [5.74, 6) is 0.0779. The van der Waals surface area contributed by atoms with Crippen molar-refractivity contribution in [3.63, 3.8) is 0 Å². The number of nitrogens with two attached hydrogens (primary N) is 1. The van der Waals surface area contributed by atoms with Crippen molar-refractivity contribution >= 4 is 21.7 Å². The first kappa shape index (κ1) is 13.9. The number of benzene rings is 1. The average molecular weight is 319 g/mol. The summed E-state index contributed by atoms with van der Waals surface area (Å²) in [5.41, 5.74) is 8.14. The smallest absolute Gasteiger partial charge is 0.168 e. The molecule has 0 amide bonds. The van der Waals surface area contributed by atoms with Gasteiger partial charge in [0.05, 0.1) is 6.42 Å². The van der Waals surface area contributed by atoms with Crippen LogP contribution in [-0.2, 0) is 12.8 Å². The van der Waals surface area contributed by atoms with Crippen LogP contribution in [0.2, 0.25) is 0 Å². The summed E-state index contributed by atoms with van der Waals surface area (Å²) < 4.78 is 0.912. The van der Waals surface area contributed by atoms with E-state index in [0.717, 1.165) is 22.2 Å². The molecular weight excluding hydrogens is 304 g/mol. The zero-order valence-electron chi connectivity index (χ0n) is 10.5. The van der Waals surface area contributed by atoms with Crippen molar-refractivity contribution in [1.29, 1.82) is 0 Å². The van der Waals surface area contributed by atoms with E-state index in [4.69, 9.17) is 5.73 Å². The molecule has 0 saturated carbocycles. The number of hydrogen-bond donors (Lipinski definition) is 1. The molecule has 0 atom stereocenters. The molecule has 19 heavy (non-hydrogen) atoms. The molecule has 3 nitrogen and oxygen atoms in total. The second kappa shape index (κ2) is 6.59. The van der Waals surface area contributed by atoms with Crippen LogP contribution < -0.4 is 5.73 Å². The molecule has 0 unspecified atom stereocenters. The second-order valence-corrected chi connectivity index (χ2v) is 5.22. The molecule has 1 aromatic heterocycles. The van der Waals surface area contributed by atoms with Crippen LogP contribution in [0.25, 0.3) is 0 Å². The molecule has 1 aromatic carbocycles. The molecule has 2 N–H and O–H groups in total. The van der Waals surface area contributed by atoms with Gasteiger partial charge in [0.2, 0.25) is 0 Å². The van der Waals surface area contributed by atoms with E-state index in [0.29, 0.717) is 18.5 Å². The highest BCUT2D eigenvalue weighted by molar-refractivity contribution is 9.10. The zero-order valence-corrected chi connectivity index (χ0v) is 12.1. The van der Waals surface area contributed by atoms with Crippen molar-refractivity contribution in [2.75, 3.05) is 6.54 Å². The number of halogens is 1. The molecule has 0 aliphatic rings. The van der Waals surface area contributed by atoms with Crippen LogP contribution in [0.1, 0.15) is 21.6 Å². The Labute approximate surface area is 121 Å². The number of carbonyl (C=O) groups excluding carboxylic acids is 1. The molecule has 2 rings (SSSR count). The van der Waals surface area contributed by atoms with Crippen LogP contribution in [0.15, 0.2) is 47.1 Å². The number of ketones is 1. The highest BCUT2D eigenvalue weighted by atomic mass is 79.9. The third-order valence-electron chi connectivity index (χ3n) is 2.84. The van der Waals surface area contributed by atoms with Crippen LogP contribution >= 0.6 is 15.9 Å². The molecule has 0 saturated heterocycles. The summed E-state index contributed by atoms with van der Waals surface area (Å²) in [5, 5.41) is 0. The first-order valence-electron chi connectivity index (χ1n) is 6.11. The van der Waals surface area contributed by atoms with Crippen LogP contribution in [-0.4, -0.2) is 17.3 Å². The van der Waals surface area contributed by atoms with Gasteiger partial charge in [0.25, 0.3) is 0 Å². The third-order valence-corrected chi connectivity index (χ3v) is 3.31. The molecule has 0 aliphatic carbocycles. The van der Waals surface area contributed by atoms with E-state index < -0.39 is 0 Å². The largest absolute Gasteiger partial charge is 0.330 e. The summed E-state index contributed by atoms with van der Waals surface area (Å²) in [6, 6.07) is 11.4. The van der Waals surface area contributed by atoms with Gasteiger partial charge in [-0.2, -0.15) is 0 Å². The molecule has 98 valence electrons. The summed E-state index contributed by atoms with van der Waals surface area (Å²) in [4.78, 5) is 16.3. The van der Waals surface area contributed by atoms with Crippen LogP contribution in [0.5, 0.6) is 0 Å². The van der Waals surface area contributed by atoms with Crippen molar-refractivity contribution < 1.29 is 4.79 Å². The Kier molecular flexibility index (Phi) is 4.82. The molecule has 2 aromatic rings. The summed E-state index contributed by atoms with van der Waals surface area (Å²) in [7, 11) is 0. The van der Waals surface area contributed by atoms with Crippen molar-refractivity contribution in [3.8, 4) is 0 Å².